The number of hydrogen-bond donors (Lipinski definition) is 0. The van der Waals surface area contributed by atoms with Gasteiger partial charge in [0.2, 0.25) is 0 Å². The average molecular weight is 402 g/mol. The molecular weight excluding hydrogens is 362 g/mol. The summed E-state index contributed by atoms with van der Waals surface area (Å²) in [5, 5.41) is 0. The summed E-state index contributed by atoms with van der Waals surface area (Å²) in [6, 6.07) is 0. The van der Waals surface area contributed by atoms with Gasteiger partial charge in [-0.2, -0.15) is 0 Å². The van der Waals surface area contributed by atoms with Crippen molar-refractivity contribution in [3.63, 3.8) is 0 Å². The molecule has 2 amide bonds. The van der Waals surface area contributed by atoms with E-state index in [1.807, 2.05) is 13.8 Å². The number of nitrogens with zero attached hydrogens (tertiary/aromatic N) is 1. The second kappa shape index (κ2) is 25.0. The maximum absolute atomic E-state index is 11.3. The molecule has 0 atom stereocenters. The van der Waals surface area contributed by atoms with Crippen molar-refractivity contribution in [1.82, 2.24) is 4.90 Å². The third-order valence-corrected chi connectivity index (χ3v) is 1.96. The van der Waals surface area contributed by atoms with Gasteiger partial charge in [-0.1, -0.05) is 91.3 Å². The number of hydrogen-bond acceptors (Lipinski definition) is 3. The minimum absolute atomic E-state index is 0.167. The van der Waals surface area contributed by atoms with Gasteiger partial charge in [-0.25, -0.2) is 4.90 Å². The van der Waals surface area contributed by atoms with E-state index in [0.717, 1.165) is 10.8 Å². The van der Waals surface area contributed by atoms with E-state index in [1.165, 1.54) is 32.1 Å². The molecule has 0 saturated heterocycles. The largest absolute Gasteiger partial charge is 0.300 e. The molecule has 0 unspecified atom stereocenters. The zero-order valence-corrected chi connectivity index (χ0v) is 19.3. The van der Waals surface area contributed by atoms with Crippen LogP contribution in [0.1, 0.15) is 48.5 Å². The molecule has 0 aromatic rings. The first kappa shape index (κ1) is 33.6. The Balaban J connectivity index is -0.000000184. The molecule has 162 valence electrons. The van der Waals surface area contributed by atoms with Gasteiger partial charge in [0.15, 0.2) is 0 Å². The second-order valence-electron chi connectivity index (χ2n) is 5.87. The van der Waals surface area contributed by atoms with Crippen molar-refractivity contribution >= 4 is 17.6 Å². The molecule has 29 heavy (non-hydrogen) atoms. The van der Waals surface area contributed by atoms with E-state index >= 15 is 0 Å². The van der Waals surface area contributed by atoms with E-state index in [4.69, 9.17) is 0 Å². The predicted molar refractivity (Wildman–Crippen MR) is 127 cm³/mol. The first-order chi connectivity index (χ1) is 13.6. The number of carbonyl (C=O) groups is 3. The van der Waals surface area contributed by atoms with Crippen LogP contribution in [0, 0.1) is 5.92 Å². The lowest BCUT2D eigenvalue weighted by molar-refractivity contribution is -0.134. The van der Waals surface area contributed by atoms with E-state index in [1.54, 1.807) is 36.5 Å². The zero-order valence-electron chi connectivity index (χ0n) is 19.3. The molecule has 4 heteroatoms. The van der Waals surface area contributed by atoms with Gasteiger partial charge in [0.1, 0.15) is 5.78 Å². The number of Topliss-reactive ketones (excluding diaryl/α,β-unsaturated/α-hetero) is 1. The summed E-state index contributed by atoms with van der Waals surface area (Å²) in [5.41, 5.74) is 0.452. The molecule has 0 spiro atoms. The minimum atomic E-state index is -0.349. The quantitative estimate of drug-likeness (QED) is 0.397. The summed E-state index contributed by atoms with van der Waals surface area (Å²) in [6.45, 7) is 27.3. The van der Waals surface area contributed by atoms with Gasteiger partial charge in [-0.05, 0) is 31.9 Å². The Kier molecular flexibility index (Phi) is 28.9. The fourth-order valence-electron chi connectivity index (χ4n) is 1.12. The number of allylic oxidation sites excluding steroid dienone is 7. The van der Waals surface area contributed by atoms with Crippen molar-refractivity contribution in [3.8, 4) is 0 Å². The maximum Gasteiger partial charge on any atom is 0.258 e. The Labute approximate surface area is 178 Å². The van der Waals surface area contributed by atoms with Crippen LogP contribution in [-0.4, -0.2) is 22.5 Å². The van der Waals surface area contributed by atoms with Crippen molar-refractivity contribution < 1.29 is 14.4 Å². The Morgan fingerprint density at radius 3 is 1.45 bits per heavy atom. The third-order valence-electron chi connectivity index (χ3n) is 1.96. The maximum atomic E-state index is 11.3. The van der Waals surface area contributed by atoms with Gasteiger partial charge in [0.05, 0.1) is 5.70 Å². The summed E-state index contributed by atoms with van der Waals surface area (Å²) in [7, 11) is 0. The highest BCUT2D eigenvalue weighted by atomic mass is 16.2. The van der Waals surface area contributed by atoms with E-state index < -0.39 is 0 Å². The Hall–Kier alpha value is -3.01. The average Bonchev–Trinajstić information content (AvgIpc) is 2.98. The standard InChI is InChI=1S/C12H11NO2.C4H10.C4H6.C3H6O.C2H6/c1-3-5-6-7-10(4-2)13-11(14)8-9-12(13)15;1-4(2)3;1-3-4-2;1-3(2)4;1-2/h3-9H,1-2H2;4H,1-3H3;3-4H,1-2H2;1-2H3;1-2H3/b6-5-,10-7+;;;;. The van der Waals surface area contributed by atoms with Gasteiger partial charge in [-0.15, -0.1) is 0 Å². The molecule has 0 aromatic carbocycles. The minimum Gasteiger partial charge on any atom is -0.300 e. The first-order valence-electron chi connectivity index (χ1n) is 9.47. The van der Waals surface area contributed by atoms with Gasteiger partial charge in [0, 0.05) is 12.2 Å². The number of imide groups is 1. The van der Waals surface area contributed by atoms with Crippen LogP contribution in [-0.2, 0) is 14.4 Å². The smallest absolute Gasteiger partial charge is 0.258 e. The highest BCUT2D eigenvalue weighted by Crippen LogP contribution is 2.13. The Bertz CT molecular complexity index is 575. The monoisotopic (exact) mass is 401 g/mol. The summed E-state index contributed by atoms with van der Waals surface area (Å²) in [6.07, 6.45) is 13.8. The molecule has 0 N–H and O–H groups in total. The molecule has 0 bridgehead atoms. The molecule has 0 aromatic heterocycles. The number of ketones is 1. The number of carbonyl (C=O) groups excluding carboxylic acids is 3. The summed E-state index contributed by atoms with van der Waals surface area (Å²) >= 11 is 0. The van der Waals surface area contributed by atoms with Crippen LogP contribution in [0.3, 0.4) is 0 Å². The number of rotatable bonds is 5. The van der Waals surface area contributed by atoms with E-state index in [9.17, 15) is 14.4 Å². The van der Waals surface area contributed by atoms with Crippen LogP contribution in [0.2, 0.25) is 0 Å². The van der Waals surface area contributed by atoms with Crippen molar-refractivity contribution in [2.45, 2.75) is 48.5 Å². The van der Waals surface area contributed by atoms with Crippen molar-refractivity contribution in [2.24, 2.45) is 5.92 Å². The molecule has 1 aliphatic heterocycles. The van der Waals surface area contributed by atoms with E-state index in [0.29, 0.717) is 5.70 Å². The van der Waals surface area contributed by atoms with Gasteiger partial charge < -0.3 is 4.79 Å². The van der Waals surface area contributed by atoms with Crippen LogP contribution in [0.5, 0.6) is 0 Å². The van der Waals surface area contributed by atoms with E-state index in [-0.39, 0.29) is 17.6 Å². The van der Waals surface area contributed by atoms with Crippen LogP contribution in [0.25, 0.3) is 0 Å². The molecule has 1 rings (SSSR count). The Morgan fingerprint density at radius 2 is 1.21 bits per heavy atom. The fourth-order valence-corrected chi connectivity index (χ4v) is 1.12. The highest BCUT2D eigenvalue weighted by Gasteiger charge is 2.24. The van der Waals surface area contributed by atoms with Crippen LogP contribution < -0.4 is 0 Å². The van der Waals surface area contributed by atoms with Crippen molar-refractivity contribution in [1.29, 1.82) is 0 Å². The molecule has 0 fully saturated rings. The first-order valence-corrected chi connectivity index (χ1v) is 9.47. The molecule has 1 aliphatic rings. The van der Waals surface area contributed by atoms with Crippen molar-refractivity contribution in [2.75, 3.05) is 0 Å². The molecular formula is C25H39NO3. The zero-order chi connectivity index (χ0) is 23.8. The normalized spacial score (nSPS) is 11.6. The van der Waals surface area contributed by atoms with Crippen molar-refractivity contribution in [3.05, 3.63) is 86.7 Å². The third kappa shape index (κ3) is 27.3. The van der Waals surface area contributed by atoms with Crippen LogP contribution in [0.15, 0.2) is 86.7 Å². The SMILES string of the molecule is C=C/C=C\C=C(/C=C)N1C(=O)C=CC1=O.C=CC=C.CC.CC(C)=O.CC(C)C. The summed E-state index contributed by atoms with van der Waals surface area (Å²) < 4.78 is 0. The summed E-state index contributed by atoms with van der Waals surface area (Å²) in [4.78, 5) is 33.1. The van der Waals surface area contributed by atoms with Gasteiger partial charge in [-0.3, -0.25) is 9.59 Å². The lowest BCUT2D eigenvalue weighted by atomic mass is 10.3. The van der Waals surface area contributed by atoms with E-state index in [2.05, 4.69) is 47.1 Å². The Morgan fingerprint density at radius 1 is 0.862 bits per heavy atom. The lowest BCUT2D eigenvalue weighted by Gasteiger charge is -2.13. The topological polar surface area (TPSA) is 54.5 Å². The molecule has 0 saturated carbocycles. The van der Waals surface area contributed by atoms with Crippen LogP contribution >= 0.6 is 0 Å². The lowest BCUT2D eigenvalue weighted by Crippen LogP contribution is -2.28. The fraction of sp³-hybridized carbons (Fsp3) is 0.320. The molecule has 0 aliphatic carbocycles. The molecule has 4 nitrogen and oxygen atoms in total. The molecule has 1 heterocycles. The predicted octanol–water partition coefficient (Wildman–Crippen LogP) is 6.37. The molecule has 0 radical (unpaired) electrons. The number of amides is 2. The summed E-state index contributed by atoms with van der Waals surface area (Å²) in [5.74, 6) is 0.302. The van der Waals surface area contributed by atoms with Gasteiger partial charge in [0.25, 0.3) is 11.8 Å². The second-order valence-corrected chi connectivity index (χ2v) is 5.87. The highest BCUT2D eigenvalue weighted by molar-refractivity contribution is 6.14. The van der Waals surface area contributed by atoms with Gasteiger partial charge >= 0.3 is 0 Å². The van der Waals surface area contributed by atoms with Crippen LogP contribution in [0.4, 0.5) is 0 Å².